The lowest BCUT2D eigenvalue weighted by atomic mass is 10.3. The zero-order valence-corrected chi connectivity index (χ0v) is 10.4. The maximum atomic E-state index is 8.93. The number of rotatable bonds is 9. The Kier molecular flexibility index (Phi) is 9.00. The predicted octanol–water partition coefficient (Wildman–Crippen LogP) is 1.09. The first-order valence-electron chi connectivity index (χ1n) is 5.73. The van der Waals surface area contributed by atoms with E-state index in [0.29, 0.717) is 32.3 Å². The van der Waals surface area contributed by atoms with Gasteiger partial charge in [-0.2, -0.15) is 0 Å². The highest BCUT2D eigenvalue weighted by Crippen LogP contribution is 2.03. The van der Waals surface area contributed by atoms with E-state index >= 15 is 0 Å². The van der Waals surface area contributed by atoms with Crippen LogP contribution >= 0.6 is 0 Å². The van der Waals surface area contributed by atoms with Crippen LogP contribution in [0.15, 0.2) is 0 Å². The SMILES string of the molecule is CCOC(CN(CCO)C(C)C)OCC. The minimum absolute atomic E-state index is 0.170. The molecule has 0 fully saturated rings. The first-order chi connectivity index (χ1) is 7.15. The quantitative estimate of drug-likeness (QED) is 0.589. The summed E-state index contributed by atoms with van der Waals surface area (Å²) in [5.74, 6) is 0. The van der Waals surface area contributed by atoms with Crippen molar-refractivity contribution in [1.29, 1.82) is 0 Å². The van der Waals surface area contributed by atoms with Crippen LogP contribution in [0.25, 0.3) is 0 Å². The Labute approximate surface area is 93.2 Å². The molecule has 15 heavy (non-hydrogen) atoms. The molecule has 4 nitrogen and oxygen atoms in total. The normalized spacial score (nSPS) is 12.0. The zero-order chi connectivity index (χ0) is 11.7. The largest absolute Gasteiger partial charge is 0.395 e. The molecule has 0 amide bonds. The Hall–Kier alpha value is -0.160. The summed E-state index contributed by atoms with van der Waals surface area (Å²) in [7, 11) is 0. The smallest absolute Gasteiger partial charge is 0.170 e. The summed E-state index contributed by atoms with van der Waals surface area (Å²) in [4.78, 5) is 2.15. The molecule has 0 rings (SSSR count). The molecule has 0 aromatic rings. The van der Waals surface area contributed by atoms with Gasteiger partial charge in [-0.15, -0.1) is 0 Å². The van der Waals surface area contributed by atoms with Gasteiger partial charge in [0.25, 0.3) is 0 Å². The minimum atomic E-state index is -0.186. The Morgan fingerprint density at radius 3 is 2.00 bits per heavy atom. The first-order valence-corrected chi connectivity index (χ1v) is 5.73. The van der Waals surface area contributed by atoms with Crippen LogP contribution in [-0.2, 0) is 9.47 Å². The topological polar surface area (TPSA) is 41.9 Å². The van der Waals surface area contributed by atoms with Crippen LogP contribution < -0.4 is 0 Å². The number of aliphatic hydroxyl groups is 1. The highest BCUT2D eigenvalue weighted by atomic mass is 16.7. The summed E-state index contributed by atoms with van der Waals surface area (Å²) in [5.41, 5.74) is 0. The number of ether oxygens (including phenoxy) is 2. The van der Waals surface area contributed by atoms with E-state index in [-0.39, 0.29) is 12.9 Å². The van der Waals surface area contributed by atoms with Gasteiger partial charge in [0.1, 0.15) is 0 Å². The van der Waals surface area contributed by atoms with Crippen LogP contribution in [0.4, 0.5) is 0 Å². The summed E-state index contributed by atoms with van der Waals surface area (Å²) in [6, 6.07) is 0.389. The fourth-order valence-electron chi connectivity index (χ4n) is 1.41. The van der Waals surface area contributed by atoms with Gasteiger partial charge in [0, 0.05) is 32.3 Å². The fraction of sp³-hybridized carbons (Fsp3) is 1.00. The molecule has 4 heteroatoms. The average molecular weight is 219 g/mol. The van der Waals surface area contributed by atoms with Gasteiger partial charge in [-0.25, -0.2) is 0 Å². The Morgan fingerprint density at radius 2 is 1.67 bits per heavy atom. The molecule has 0 saturated heterocycles. The molecule has 1 N–H and O–H groups in total. The third-order valence-electron chi connectivity index (χ3n) is 2.21. The van der Waals surface area contributed by atoms with Crippen LogP contribution in [0.5, 0.6) is 0 Å². The third kappa shape index (κ3) is 6.84. The molecule has 0 saturated carbocycles. The van der Waals surface area contributed by atoms with Crippen molar-refractivity contribution in [3.05, 3.63) is 0 Å². The summed E-state index contributed by atoms with van der Waals surface area (Å²) in [6.45, 7) is 11.0. The van der Waals surface area contributed by atoms with E-state index in [9.17, 15) is 0 Å². The van der Waals surface area contributed by atoms with Crippen LogP contribution in [0, 0.1) is 0 Å². The molecule has 0 radical (unpaired) electrons. The van der Waals surface area contributed by atoms with Crippen molar-refractivity contribution in [3.8, 4) is 0 Å². The van der Waals surface area contributed by atoms with Crippen molar-refractivity contribution in [3.63, 3.8) is 0 Å². The standard InChI is InChI=1S/C11H25NO3/c1-5-14-11(15-6-2)9-12(7-8-13)10(3)4/h10-11,13H,5-9H2,1-4H3. The lowest BCUT2D eigenvalue weighted by molar-refractivity contribution is -0.150. The Bertz CT molecular complexity index is 136. The van der Waals surface area contributed by atoms with E-state index in [0.717, 1.165) is 0 Å². The molecule has 0 bridgehead atoms. The van der Waals surface area contributed by atoms with E-state index in [4.69, 9.17) is 14.6 Å². The van der Waals surface area contributed by atoms with Crippen molar-refractivity contribution < 1.29 is 14.6 Å². The molecule has 0 heterocycles. The minimum Gasteiger partial charge on any atom is -0.395 e. The second kappa shape index (κ2) is 9.09. The molecule has 92 valence electrons. The van der Waals surface area contributed by atoms with Crippen LogP contribution in [0.2, 0.25) is 0 Å². The van der Waals surface area contributed by atoms with Crippen LogP contribution in [-0.4, -0.2) is 55.2 Å². The summed E-state index contributed by atoms with van der Waals surface area (Å²) >= 11 is 0. The fourth-order valence-corrected chi connectivity index (χ4v) is 1.41. The van der Waals surface area contributed by atoms with Gasteiger partial charge in [-0.3, -0.25) is 4.90 Å². The molecule has 0 unspecified atom stereocenters. The lowest BCUT2D eigenvalue weighted by Gasteiger charge is -2.29. The predicted molar refractivity (Wildman–Crippen MR) is 60.8 cm³/mol. The van der Waals surface area contributed by atoms with Crippen molar-refractivity contribution in [1.82, 2.24) is 4.90 Å². The van der Waals surface area contributed by atoms with E-state index in [1.54, 1.807) is 0 Å². The lowest BCUT2D eigenvalue weighted by Crippen LogP contribution is -2.41. The molecular formula is C11H25NO3. The highest BCUT2D eigenvalue weighted by molar-refractivity contribution is 4.64. The van der Waals surface area contributed by atoms with Gasteiger partial charge in [0.05, 0.1) is 6.61 Å². The van der Waals surface area contributed by atoms with Gasteiger partial charge >= 0.3 is 0 Å². The first kappa shape index (κ1) is 14.8. The molecular weight excluding hydrogens is 194 g/mol. The molecule has 0 aliphatic heterocycles. The molecule has 0 aliphatic carbocycles. The number of nitrogens with zero attached hydrogens (tertiary/aromatic N) is 1. The van der Waals surface area contributed by atoms with Gasteiger partial charge in [0.2, 0.25) is 0 Å². The van der Waals surface area contributed by atoms with Crippen molar-refractivity contribution in [2.24, 2.45) is 0 Å². The monoisotopic (exact) mass is 219 g/mol. The van der Waals surface area contributed by atoms with E-state index in [1.807, 2.05) is 13.8 Å². The summed E-state index contributed by atoms with van der Waals surface area (Å²) in [6.07, 6.45) is -0.186. The maximum absolute atomic E-state index is 8.93. The molecule has 0 aromatic heterocycles. The Balaban J connectivity index is 4.06. The molecule has 0 atom stereocenters. The van der Waals surface area contributed by atoms with Crippen LogP contribution in [0.3, 0.4) is 0 Å². The van der Waals surface area contributed by atoms with Crippen molar-refractivity contribution in [2.75, 3.05) is 32.9 Å². The number of aliphatic hydroxyl groups excluding tert-OH is 1. The molecule has 0 aliphatic rings. The molecule has 0 spiro atoms. The van der Waals surface area contributed by atoms with E-state index < -0.39 is 0 Å². The summed E-state index contributed by atoms with van der Waals surface area (Å²) < 4.78 is 10.9. The second-order valence-corrected chi connectivity index (χ2v) is 3.65. The van der Waals surface area contributed by atoms with Gasteiger partial charge in [0.15, 0.2) is 6.29 Å². The van der Waals surface area contributed by atoms with Crippen molar-refractivity contribution >= 4 is 0 Å². The number of hydrogen-bond acceptors (Lipinski definition) is 4. The van der Waals surface area contributed by atoms with E-state index in [2.05, 4.69) is 18.7 Å². The van der Waals surface area contributed by atoms with E-state index in [1.165, 1.54) is 0 Å². The zero-order valence-electron chi connectivity index (χ0n) is 10.4. The van der Waals surface area contributed by atoms with Gasteiger partial charge in [-0.05, 0) is 27.7 Å². The maximum Gasteiger partial charge on any atom is 0.170 e. The van der Waals surface area contributed by atoms with Gasteiger partial charge < -0.3 is 14.6 Å². The highest BCUT2D eigenvalue weighted by Gasteiger charge is 2.16. The van der Waals surface area contributed by atoms with Gasteiger partial charge in [-0.1, -0.05) is 0 Å². The Morgan fingerprint density at radius 1 is 1.13 bits per heavy atom. The second-order valence-electron chi connectivity index (χ2n) is 3.65. The number of hydrogen-bond donors (Lipinski definition) is 1. The van der Waals surface area contributed by atoms with Crippen LogP contribution in [0.1, 0.15) is 27.7 Å². The average Bonchev–Trinajstić information content (AvgIpc) is 2.17. The molecule has 0 aromatic carbocycles. The summed E-state index contributed by atoms with van der Waals surface area (Å²) in [5, 5.41) is 8.93. The van der Waals surface area contributed by atoms with Crippen molar-refractivity contribution in [2.45, 2.75) is 40.0 Å². The third-order valence-corrected chi connectivity index (χ3v) is 2.21.